The predicted molar refractivity (Wildman–Crippen MR) is 140 cm³/mol. The SMILES string of the molecule is C[C@H]1CCCCN1C(=O)c1cc(NS(=O)(=O)c2ccc(C(C)(C)C)cc2)cnc1N1CCNCC1. The first-order valence-corrected chi connectivity index (χ1v) is 13.9. The standard InChI is InChI=1S/C26H37N5O3S/c1-19-7-5-6-14-31(19)25(32)23-17-21(18-28-24(23)30-15-12-27-13-16-30)29-35(33,34)22-10-8-20(9-11-22)26(2,3)4/h8-11,17-19,27,29H,5-7,12-16H2,1-4H3/t19-/m0/s1. The van der Waals surface area contributed by atoms with Crippen LogP contribution in [0, 0.1) is 0 Å². The monoisotopic (exact) mass is 499 g/mol. The highest BCUT2D eigenvalue weighted by molar-refractivity contribution is 7.92. The molecule has 0 aliphatic carbocycles. The third-order valence-electron chi connectivity index (χ3n) is 6.86. The molecule has 0 saturated carbocycles. The molecule has 2 aliphatic rings. The zero-order valence-corrected chi connectivity index (χ0v) is 22.0. The summed E-state index contributed by atoms with van der Waals surface area (Å²) < 4.78 is 28.9. The van der Waals surface area contributed by atoms with Gasteiger partial charge >= 0.3 is 0 Å². The Morgan fingerprint density at radius 3 is 2.40 bits per heavy atom. The van der Waals surface area contributed by atoms with Crippen molar-refractivity contribution in [3.05, 3.63) is 47.7 Å². The normalized spacial score (nSPS) is 19.5. The molecule has 2 N–H and O–H groups in total. The molecule has 1 aromatic carbocycles. The number of anilines is 2. The Balaban J connectivity index is 1.65. The van der Waals surface area contributed by atoms with Crippen LogP contribution in [0.3, 0.4) is 0 Å². The predicted octanol–water partition coefficient (Wildman–Crippen LogP) is 3.60. The number of rotatable bonds is 5. The molecule has 35 heavy (non-hydrogen) atoms. The number of piperidine rings is 1. The van der Waals surface area contributed by atoms with Crippen molar-refractivity contribution in [2.24, 2.45) is 0 Å². The van der Waals surface area contributed by atoms with E-state index in [1.807, 2.05) is 17.0 Å². The number of carbonyl (C=O) groups is 1. The number of pyridine rings is 1. The molecule has 0 spiro atoms. The summed E-state index contributed by atoms with van der Waals surface area (Å²) in [5, 5.41) is 3.32. The molecule has 0 bridgehead atoms. The Morgan fingerprint density at radius 1 is 1.09 bits per heavy atom. The summed E-state index contributed by atoms with van der Waals surface area (Å²) >= 11 is 0. The summed E-state index contributed by atoms with van der Waals surface area (Å²) in [6.07, 6.45) is 4.57. The zero-order valence-electron chi connectivity index (χ0n) is 21.2. The average molecular weight is 500 g/mol. The molecule has 3 heterocycles. The average Bonchev–Trinajstić information content (AvgIpc) is 2.84. The number of carbonyl (C=O) groups excluding carboxylic acids is 1. The van der Waals surface area contributed by atoms with E-state index in [4.69, 9.17) is 0 Å². The van der Waals surface area contributed by atoms with Crippen molar-refractivity contribution in [3.8, 4) is 0 Å². The molecule has 8 nitrogen and oxygen atoms in total. The minimum Gasteiger partial charge on any atom is -0.353 e. The Morgan fingerprint density at radius 2 is 1.77 bits per heavy atom. The van der Waals surface area contributed by atoms with Gasteiger partial charge < -0.3 is 15.1 Å². The van der Waals surface area contributed by atoms with Gasteiger partial charge in [-0.3, -0.25) is 9.52 Å². The Labute approximate surface area is 209 Å². The van der Waals surface area contributed by atoms with Gasteiger partial charge in [-0.05, 0) is 55.4 Å². The van der Waals surface area contributed by atoms with E-state index in [0.29, 0.717) is 17.9 Å². The molecule has 2 aromatic rings. The molecule has 9 heteroatoms. The molecule has 0 unspecified atom stereocenters. The topological polar surface area (TPSA) is 94.6 Å². The van der Waals surface area contributed by atoms with Crippen LogP contribution in [0.25, 0.3) is 0 Å². The highest BCUT2D eigenvalue weighted by Crippen LogP contribution is 2.28. The minimum absolute atomic E-state index is 0.0692. The lowest BCUT2D eigenvalue weighted by Crippen LogP contribution is -2.46. The summed E-state index contributed by atoms with van der Waals surface area (Å²) in [4.78, 5) is 22.4. The van der Waals surface area contributed by atoms with Gasteiger partial charge in [0.2, 0.25) is 0 Å². The second-order valence-electron chi connectivity index (χ2n) is 10.6. The Bertz CT molecular complexity index is 1150. The number of nitrogens with one attached hydrogen (secondary N) is 2. The molecule has 4 rings (SSSR count). The maximum Gasteiger partial charge on any atom is 0.261 e. The van der Waals surface area contributed by atoms with Gasteiger partial charge in [-0.15, -0.1) is 0 Å². The Kier molecular flexibility index (Phi) is 7.38. The van der Waals surface area contributed by atoms with E-state index < -0.39 is 10.0 Å². The molecule has 190 valence electrons. The molecule has 2 saturated heterocycles. The quantitative estimate of drug-likeness (QED) is 0.653. The summed E-state index contributed by atoms with van der Waals surface area (Å²) in [5.74, 6) is 0.528. The number of piperazine rings is 1. The van der Waals surface area contributed by atoms with Crippen LogP contribution >= 0.6 is 0 Å². The molecule has 0 radical (unpaired) electrons. The van der Waals surface area contributed by atoms with Crippen molar-refractivity contribution >= 4 is 27.4 Å². The van der Waals surface area contributed by atoms with Crippen LogP contribution in [0.15, 0.2) is 41.4 Å². The number of amides is 1. The van der Waals surface area contributed by atoms with Gasteiger partial charge in [0.15, 0.2) is 0 Å². The van der Waals surface area contributed by atoms with Crippen LogP contribution in [0.5, 0.6) is 0 Å². The minimum atomic E-state index is -3.83. The fraction of sp³-hybridized carbons (Fsp3) is 0.538. The third-order valence-corrected chi connectivity index (χ3v) is 8.26. The van der Waals surface area contributed by atoms with Gasteiger partial charge in [0.25, 0.3) is 15.9 Å². The number of hydrogen-bond acceptors (Lipinski definition) is 6. The number of likely N-dealkylation sites (tertiary alicyclic amines) is 1. The van der Waals surface area contributed by atoms with Crippen LogP contribution in [0.4, 0.5) is 11.5 Å². The van der Waals surface area contributed by atoms with E-state index in [-0.39, 0.29) is 27.9 Å². The molecule has 1 aromatic heterocycles. The largest absolute Gasteiger partial charge is 0.353 e. The maximum absolute atomic E-state index is 13.7. The van der Waals surface area contributed by atoms with Gasteiger partial charge in [0.1, 0.15) is 5.82 Å². The van der Waals surface area contributed by atoms with E-state index in [9.17, 15) is 13.2 Å². The second-order valence-corrected chi connectivity index (χ2v) is 12.2. The first kappa shape index (κ1) is 25.4. The lowest BCUT2D eigenvalue weighted by Gasteiger charge is -2.35. The van der Waals surface area contributed by atoms with Gasteiger partial charge in [0, 0.05) is 38.8 Å². The zero-order chi connectivity index (χ0) is 25.2. The molecular formula is C26H37N5O3S. The number of benzene rings is 1. The molecule has 1 amide bonds. The van der Waals surface area contributed by atoms with Crippen LogP contribution < -0.4 is 14.9 Å². The maximum atomic E-state index is 13.7. The van der Waals surface area contributed by atoms with Crippen molar-refractivity contribution < 1.29 is 13.2 Å². The number of sulfonamides is 1. The van der Waals surface area contributed by atoms with Gasteiger partial charge in [-0.1, -0.05) is 32.9 Å². The second kappa shape index (κ2) is 10.1. The molecular weight excluding hydrogens is 462 g/mol. The third kappa shape index (κ3) is 5.78. The van der Waals surface area contributed by atoms with E-state index in [0.717, 1.165) is 51.0 Å². The van der Waals surface area contributed by atoms with Gasteiger partial charge in [-0.2, -0.15) is 0 Å². The van der Waals surface area contributed by atoms with E-state index in [1.54, 1.807) is 18.2 Å². The van der Waals surface area contributed by atoms with E-state index >= 15 is 0 Å². The smallest absolute Gasteiger partial charge is 0.261 e. The molecule has 2 aliphatic heterocycles. The van der Waals surface area contributed by atoms with Crippen LogP contribution in [0.1, 0.15) is 62.9 Å². The van der Waals surface area contributed by atoms with Crippen LogP contribution in [-0.2, 0) is 15.4 Å². The van der Waals surface area contributed by atoms with Crippen LogP contribution in [-0.4, -0.2) is 63.0 Å². The number of nitrogens with zero attached hydrogens (tertiary/aromatic N) is 3. The van der Waals surface area contributed by atoms with Crippen molar-refractivity contribution in [2.75, 3.05) is 42.3 Å². The number of hydrogen-bond donors (Lipinski definition) is 2. The highest BCUT2D eigenvalue weighted by Gasteiger charge is 2.29. The van der Waals surface area contributed by atoms with Crippen molar-refractivity contribution in [1.29, 1.82) is 0 Å². The molecule has 1 atom stereocenters. The first-order valence-electron chi connectivity index (χ1n) is 12.5. The van der Waals surface area contributed by atoms with Gasteiger partial charge in [0.05, 0.1) is 22.3 Å². The summed E-state index contributed by atoms with van der Waals surface area (Å²) in [5.41, 5.74) is 1.73. The summed E-state index contributed by atoms with van der Waals surface area (Å²) in [6, 6.07) is 8.71. The fourth-order valence-electron chi connectivity index (χ4n) is 4.70. The highest BCUT2D eigenvalue weighted by atomic mass is 32.2. The van der Waals surface area contributed by atoms with Crippen molar-refractivity contribution in [2.45, 2.75) is 63.3 Å². The Hall–Kier alpha value is -2.65. The summed E-state index contributed by atoms with van der Waals surface area (Å²) in [7, 11) is -3.83. The van der Waals surface area contributed by atoms with E-state index in [2.05, 4.69) is 47.6 Å². The molecule has 2 fully saturated rings. The van der Waals surface area contributed by atoms with Gasteiger partial charge in [-0.25, -0.2) is 13.4 Å². The first-order chi connectivity index (χ1) is 16.6. The van der Waals surface area contributed by atoms with Crippen molar-refractivity contribution in [1.82, 2.24) is 15.2 Å². The number of aromatic nitrogens is 1. The van der Waals surface area contributed by atoms with Crippen molar-refractivity contribution in [3.63, 3.8) is 0 Å². The van der Waals surface area contributed by atoms with E-state index in [1.165, 1.54) is 6.20 Å². The summed E-state index contributed by atoms with van der Waals surface area (Å²) in [6.45, 7) is 12.1. The fourth-order valence-corrected chi connectivity index (χ4v) is 5.74. The van der Waals surface area contributed by atoms with Crippen LogP contribution in [0.2, 0.25) is 0 Å². The lowest BCUT2D eigenvalue weighted by atomic mass is 9.87. The lowest BCUT2D eigenvalue weighted by molar-refractivity contribution is 0.0636.